The quantitative estimate of drug-likeness (QED) is 0.430. The van der Waals surface area contributed by atoms with Crippen LogP contribution in [-0.4, -0.2) is 38.5 Å². The number of carbonyl (C=O) groups is 1. The van der Waals surface area contributed by atoms with Crippen LogP contribution < -0.4 is 5.32 Å². The third-order valence-corrected chi connectivity index (χ3v) is 12.6. The number of hydrogen-bond acceptors (Lipinski definition) is 6. The zero-order chi connectivity index (χ0) is 25.8. The number of nitrogens with zero attached hydrogens (tertiary/aromatic N) is 2. The van der Waals surface area contributed by atoms with Gasteiger partial charge >= 0.3 is 0 Å². The largest absolute Gasteiger partial charge is 0.393 e. The summed E-state index contributed by atoms with van der Waals surface area (Å²) in [4.78, 5) is 12.7. The number of nitrogens with one attached hydrogen (secondary N) is 1. The first kappa shape index (κ1) is 26.6. The minimum Gasteiger partial charge on any atom is -0.393 e. The van der Waals surface area contributed by atoms with Gasteiger partial charge < -0.3 is 15.5 Å². The van der Waals surface area contributed by atoms with Gasteiger partial charge in [0.15, 0.2) is 0 Å². The third-order valence-electron chi connectivity index (χ3n) is 11.4. The molecule has 0 aliphatic heterocycles. The number of fused-ring (bicyclic) bond motifs is 5. The van der Waals surface area contributed by atoms with Crippen LogP contribution in [0.4, 0.5) is 5.13 Å². The monoisotopic (exact) mass is 517 g/mol. The molecule has 3 N–H and O–H groups in total. The van der Waals surface area contributed by atoms with Gasteiger partial charge in [0.25, 0.3) is 0 Å². The average Bonchev–Trinajstić information content (AvgIpc) is 3.43. The molecule has 36 heavy (non-hydrogen) atoms. The SMILES string of the molecule is CC(C)c1nnc(NC(=O)CC[C@@H](C)C2CCC3C4C(CC[C@@]32C)[C@@]2(C)CC[C@@H](O)CC2C[C@@H]4O)s1. The van der Waals surface area contributed by atoms with Crippen LogP contribution in [-0.2, 0) is 4.79 Å². The van der Waals surface area contributed by atoms with Gasteiger partial charge in [0.1, 0.15) is 5.01 Å². The first-order chi connectivity index (χ1) is 17.0. The maximum Gasteiger partial charge on any atom is 0.226 e. The number of aliphatic hydroxyl groups excluding tert-OH is 2. The van der Waals surface area contributed by atoms with Crippen molar-refractivity contribution >= 4 is 22.4 Å². The molecule has 0 saturated heterocycles. The molecular formula is C29H47N3O3S. The molecule has 202 valence electrons. The van der Waals surface area contributed by atoms with E-state index in [0.717, 1.165) is 37.1 Å². The van der Waals surface area contributed by atoms with Gasteiger partial charge in [0, 0.05) is 12.3 Å². The summed E-state index contributed by atoms with van der Waals surface area (Å²) in [5.74, 6) is 3.47. The van der Waals surface area contributed by atoms with Crippen molar-refractivity contribution in [2.75, 3.05) is 5.32 Å². The van der Waals surface area contributed by atoms with Gasteiger partial charge in [-0.3, -0.25) is 4.79 Å². The van der Waals surface area contributed by atoms with Crippen molar-refractivity contribution in [3.8, 4) is 0 Å². The summed E-state index contributed by atoms with van der Waals surface area (Å²) in [6, 6.07) is 0. The fourth-order valence-electron chi connectivity index (χ4n) is 9.44. The van der Waals surface area contributed by atoms with E-state index >= 15 is 0 Å². The minimum absolute atomic E-state index is 0.0397. The lowest BCUT2D eigenvalue weighted by Crippen LogP contribution is -2.58. The van der Waals surface area contributed by atoms with E-state index in [1.807, 2.05) is 0 Å². The van der Waals surface area contributed by atoms with Gasteiger partial charge in [-0.25, -0.2) is 0 Å². The Morgan fingerprint density at radius 3 is 2.47 bits per heavy atom. The number of carbonyl (C=O) groups excluding carboxylic acids is 1. The summed E-state index contributed by atoms with van der Waals surface area (Å²) in [6.45, 7) is 11.5. The molecule has 6 nitrogen and oxygen atoms in total. The van der Waals surface area contributed by atoms with E-state index in [0.29, 0.717) is 53.0 Å². The number of aliphatic hydroxyl groups is 2. The zero-order valence-corrected chi connectivity index (χ0v) is 23.7. The molecule has 10 atom stereocenters. The number of hydrogen-bond donors (Lipinski definition) is 3. The topological polar surface area (TPSA) is 95.3 Å². The summed E-state index contributed by atoms with van der Waals surface area (Å²) in [5, 5.41) is 34.6. The van der Waals surface area contributed by atoms with Crippen molar-refractivity contribution in [3.63, 3.8) is 0 Å². The van der Waals surface area contributed by atoms with E-state index < -0.39 is 0 Å². The number of anilines is 1. The maximum atomic E-state index is 12.7. The standard InChI is InChI=1S/C29H47N3O3S/c1-16(2)26-31-32-27(36-26)30-24(35)9-6-17(3)20-7-8-21-25-22(11-13-29(20,21)5)28(4)12-10-19(33)14-18(28)15-23(25)34/h16-23,25,33-34H,6-15H2,1-5H3,(H,30,32,35)/t17-,18?,19-,20?,21?,22?,23+,25?,28+,29-/m1/s1. The number of aromatic nitrogens is 2. The van der Waals surface area contributed by atoms with Crippen LogP contribution in [0.25, 0.3) is 0 Å². The Morgan fingerprint density at radius 1 is 1.03 bits per heavy atom. The third kappa shape index (κ3) is 4.55. The molecule has 0 aromatic carbocycles. The molecule has 7 heteroatoms. The molecule has 4 saturated carbocycles. The van der Waals surface area contributed by atoms with E-state index in [1.165, 1.54) is 37.0 Å². The summed E-state index contributed by atoms with van der Waals surface area (Å²) in [7, 11) is 0. The second-order valence-corrected chi connectivity index (χ2v) is 14.6. The van der Waals surface area contributed by atoms with Crippen LogP contribution in [0.3, 0.4) is 0 Å². The van der Waals surface area contributed by atoms with E-state index in [9.17, 15) is 15.0 Å². The molecule has 5 unspecified atom stereocenters. The van der Waals surface area contributed by atoms with Crippen LogP contribution in [0.5, 0.6) is 0 Å². The molecule has 0 spiro atoms. The molecule has 4 aliphatic rings. The Bertz CT molecular complexity index is 952. The van der Waals surface area contributed by atoms with Gasteiger partial charge in [-0.15, -0.1) is 10.2 Å². The highest BCUT2D eigenvalue weighted by atomic mass is 32.1. The molecule has 4 fully saturated rings. The van der Waals surface area contributed by atoms with Gasteiger partial charge in [0.05, 0.1) is 12.2 Å². The molecule has 5 rings (SSSR count). The van der Waals surface area contributed by atoms with Gasteiger partial charge in [-0.05, 0) is 104 Å². The molecular weight excluding hydrogens is 470 g/mol. The van der Waals surface area contributed by atoms with Crippen LogP contribution in [0.15, 0.2) is 0 Å². The smallest absolute Gasteiger partial charge is 0.226 e. The Hall–Kier alpha value is -1.05. The zero-order valence-electron chi connectivity index (χ0n) is 22.9. The van der Waals surface area contributed by atoms with Crippen molar-refractivity contribution in [1.82, 2.24) is 10.2 Å². The van der Waals surface area contributed by atoms with Crippen molar-refractivity contribution in [2.24, 2.45) is 46.3 Å². The first-order valence-corrected chi connectivity index (χ1v) is 15.3. The van der Waals surface area contributed by atoms with Gasteiger partial charge in [0.2, 0.25) is 11.0 Å². The molecule has 1 heterocycles. The first-order valence-electron chi connectivity index (χ1n) is 14.5. The van der Waals surface area contributed by atoms with E-state index in [2.05, 4.69) is 50.1 Å². The van der Waals surface area contributed by atoms with Gasteiger partial charge in [-0.2, -0.15) is 0 Å². The highest BCUT2D eigenvalue weighted by Crippen LogP contribution is 2.68. The average molecular weight is 518 g/mol. The minimum atomic E-state index is -0.231. The lowest BCUT2D eigenvalue weighted by Gasteiger charge is -2.62. The lowest BCUT2D eigenvalue weighted by atomic mass is 9.43. The van der Waals surface area contributed by atoms with Crippen molar-refractivity contribution in [1.29, 1.82) is 0 Å². The van der Waals surface area contributed by atoms with E-state index in [4.69, 9.17) is 0 Å². The highest BCUT2D eigenvalue weighted by molar-refractivity contribution is 7.15. The van der Waals surface area contributed by atoms with Crippen LogP contribution in [0.1, 0.15) is 110 Å². The molecule has 4 aliphatic carbocycles. The number of rotatable bonds is 6. The predicted molar refractivity (Wildman–Crippen MR) is 144 cm³/mol. The predicted octanol–water partition coefficient (Wildman–Crippen LogP) is 6.01. The van der Waals surface area contributed by atoms with Crippen molar-refractivity contribution < 1.29 is 15.0 Å². The number of amides is 1. The molecule has 0 radical (unpaired) electrons. The molecule has 1 aromatic heterocycles. The van der Waals surface area contributed by atoms with Crippen molar-refractivity contribution in [2.45, 2.75) is 117 Å². The van der Waals surface area contributed by atoms with Crippen LogP contribution in [0, 0.1) is 46.3 Å². The second-order valence-electron chi connectivity index (χ2n) is 13.6. The van der Waals surface area contributed by atoms with Crippen LogP contribution in [0.2, 0.25) is 0 Å². The Kier molecular flexibility index (Phi) is 7.32. The maximum absolute atomic E-state index is 12.7. The Balaban J connectivity index is 1.22. The Morgan fingerprint density at radius 2 is 1.75 bits per heavy atom. The van der Waals surface area contributed by atoms with E-state index in [-0.39, 0.29) is 28.9 Å². The lowest BCUT2D eigenvalue weighted by molar-refractivity contribution is -0.174. The fourth-order valence-corrected chi connectivity index (χ4v) is 10.2. The molecule has 0 bridgehead atoms. The van der Waals surface area contributed by atoms with Crippen molar-refractivity contribution in [3.05, 3.63) is 5.01 Å². The second kappa shape index (κ2) is 9.92. The molecule has 1 amide bonds. The highest BCUT2D eigenvalue weighted by Gasteiger charge is 2.62. The summed E-state index contributed by atoms with van der Waals surface area (Å²) >= 11 is 1.47. The summed E-state index contributed by atoms with van der Waals surface area (Å²) in [6.07, 6.45) is 9.64. The normalized spacial score (nSPS) is 42.9. The van der Waals surface area contributed by atoms with Crippen LogP contribution >= 0.6 is 11.3 Å². The Labute approximate surface area is 221 Å². The fraction of sp³-hybridized carbons (Fsp3) is 0.897. The summed E-state index contributed by atoms with van der Waals surface area (Å²) < 4.78 is 0. The summed E-state index contributed by atoms with van der Waals surface area (Å²) in [5.41, 5.74) is 0.521. The van der Waals surface area contributed by atoms with Gasteiger partial charge in [-0.1, -0.05) is 46.0 Å². The van der Waals surface area contributed by atoms with E-state index in [1.54, 1.807) is 0 Å². The molecule has 1 aromatic rings.